The molecule has 0 bridgehead atoms. The molecule has 0 spiro atoms. The number of carboxylic acids is 2. The first kappa shape index (κ1) is 17.1. The lowest BCUT2D eigenvalue weighted by molar-refractivity contribution is -0.159. The van der Waals surface area contributed by atoms with Gasteiger partial charge in [0.05, 0.1) is 7.11 Å². The topological polar surface area (TPSA) is 95.9 Å². The third kappa shape index (κ3) is 8.76. The lowest BCUT2D eigenvalue weighted by Gasteiger charge is -2.11. The van der Waals surface area contributed by atoms with E-state index in [-0.39, 0.29) is 0 Å². The van der Waals surface area contributed by atoms with Crippen molar-refractivity contribution in [1.82, 2.24) is 5.48 Å². The second-order valence-electron chi connectivity index (χ2n) is 4.02. The standard InChI is InChI=1S/C11H17NO.C2H2O4/c1-9-4-6-11(7-5-9)8-10(2)12-13-3;3-1(4)2(5)6/h4-7,10,12H,8H2,1-3H3;(H,3,4)(H,5,6). The SMILES string of the molecule is CONC(C)Cc1ccc(C)cc1.O=C(O)C(=O)O. The summed E-state index contributed by atoms with van der Waals surface area (Å²) in [4.78, 5) is 23.0. The van der Waals surface area contributed by atoms with Gasteiger partial charge in [-0.15, -0.1) is 0 Å². The first-order valence-electron chi connectivity index (χ1n) is 5.67. The summed E-state index contributed by atoms with van der Waals surface area (Å²) in [5.74, 6) is -3.65. The minimum absolute atomic E-state index is 0.354. The molecule has 1 aromatic rings. The maximum absolute atomic E-state index is 9.10. The van der Waals surface area contributed by atoms with Crippen LogP contribution in [0.15, 0.2) is 24.3 Å². The molecule has 6 nitrogen and oxygen atoms in total. The first-order chi connectivity index (χ1) is 8.86. The Morgan fingerprint density at radius 3 is 2.05 bits per heavy atom. The van der Waals surface area contributed by atoms with Crippen molar-refractivity contribution in [1.29, 1.82) is 0 Å². The molecule has 0 aromatic heterocycles. The van der Waals surface area contributed by atoms with Gasteiger partial charge in [-0.2, -0.15) is 5.48 Å². The molecule has 1 atom stereocenters. The summed E-state index contributed by atoms with van der Waals surface area (Å²) in [6, 6.07) is 8.93. The van der Waals surface area contributed by atoms with Gasteiger partial charge in [-0.25, -0.2) is 9.59 Å². The Balaban J connectivity index is 0.000000459. The lowest BCUT2D eigenvalue weighted by atomic mass is 10.1. The lowest BCUT2D eigenvalue weighted by Crippen LogP contribution is -2.26. The normalized spacial score (nSPS) is 11.1. The predicted octanol–water partition coefficient (Wildman–Crippen LogP) is 1.23. The van der Waals surface area contributed by atoms with Crippen molar-refractivity contribution >= 4 is 11.9 Å². The Morgan fingerprint density at radius 2 is 1.68 bits per heavy atom. The zero-order chi connectivity index (χ0) is 14.8. The van der Waals surface area contributed by atoms with Crippen molar-refractivity contribution in [3.8, 4) is 0 Å². The Labute approximate surface area is 112 Å². The number of nitrogens with one attached hydrogen (secondary N) is 1. The van der Waals surface area contributed by atoms with E-state index in [1.54, 1.807) is 7.11 Å². The molecule has 1 aromatic carbocycles. The summed E-state index contributed by atoms with van der Waals surface area (Å²) in [7, 11) is 1.64. The molecular weight excluding hydrogens is 250 g/mol. The van der Waals surface area contributed by atoms with Gasteiger partial charge >= 0.3 is 11.9 Å². The maximum Gasteiger partial charge on any atom is 0.414 e. The second-order valence-corrected chi connectivity index (χ2v) is 4.02. The maximum atomic E-state index is 9.10. The van der Waals surface area contributed by atoms with Crippen LogP contribution in [-0.4, -0.2) is 35.3 Å². The minimum Gasteiger partial charge on any atom is -0.473 e. The van der Waals surface area contributed by atoms with Crippen molar-refractivity contribution in [2.24, 2.45) is 0 Å². The number of hydrogen-bond acceptors (Lipinski definition) is 4. The molecular formula is C13H19NO5. The summed E-state index contributed by atoms with van der Waals surface area (Å²) in [6.45, 7) is 4.20. The highest BCUT2D eigenvalue weighted by Gasteiger charge is 2.04. The molecule has 6 heteroatoms. The Kier molecular flexibility index (Phi) is 8.15. The third-order valence-corrected chi connectivity index (χ3v) is 2.16. The quantitative estimate of drug-likeness (QED) is 0.562. The van der Waals surface area contributed by atoms with Gasteiger partial charge < -0.3 is 15.1 Å². The summed E-state index contributed by atoms with van der Waals surface area (Å²) in [6.07, 6.45) is 0.994. The molecule has 0 fully saturated rings. The fourth-order valence-corrected chi connectivity index (χ4v) is 1.32. The van der Waals surface area contributed by atoms with E-state index in [1.807, 2.05) is 0 Å². The summed E-state index contributed by atoms with van der Waals surface area (Å²) < 4.78 is 0. The van der Waals surface area contributed by atoms with Crippen LogP contribution >= 0.6 is 0 Å². The highest BCUT2D eigenvalue weighted by atomic mass is 16.6. The van der Waals surface area contributed by atoms with Crippen molar-refractivity contribution < 1.29 is 24.6 Å². The van der Waals surface area contributed by atoms with Crippen LogP contribution in [0.1, 0.15) is 18.1 Å². The molecule has 0 saturated heterocycles. The predicted molar refractivity (Wildman–Crippen MR) is 69.8 cm³/mol. The molecule has 0 radical (unpaired) electrons. The van der Waals surface area contributed by atoms with Gasteiger partial charge in [-0.1, -0.05) is 29.8 Å². The molecule has 19 heavy (non-hydrogen) atoms. The van der Waals surface area contributed by atoms with Crippen LogP contribution in [-0.2, 0) is 20.8 Å². The van der Waals surface area contributed by atoms with Crippen molar-refractivity contribution in [2.75, 3.05) is 7.11 Å². The highest BCUT2D eigenvalue weighted by molar-refractivity contribution is 6.27. The van der Waals surface area contributed by atoms with Gasteiger partial charge in [0.15, 0.2) is 0 Å². The molecule has 0 saturated carbocycles. The average molecular weight is 269 g/mol. The van der Waals surface area contributed by atoms with E-state index in [1.165, 1.54) is 11.1 Å². The fraction of sp³-hybridized carbons (Fsp3) is 0.385. The number of hydroxylamine groups is 1. The van der Waals surface area contributed by atoms with E-state index in [0.717, 1.165) is 6.42 Å². The second kappa shape index (κ2) is 9.07. The minimum atomic E-state index is -1.82. The monoisotopic (exact) mass is 269 g/mol. The zero-order valence-corrected chi connectivity index (χ0v) is 11.2. The Hall–Kier alpha value is -1.92. The van der Waals surface area contributed by atoms with Gasteiger partial charge in [0, 0.05) is 6.04 Å². The largest absolute Gasteiger partial charge is 0.473 e. The van der Waals surface area contributed by atoms with Crippen LogP contribution in [0.2, 0.25) is 0 Å². The van der Waals surface area contributed by atoms with Crippen LogP contribution in [0, 0.1) is 6.92 Å². The van der Waals surface area contributed by atoms with E-state index in [0.29, 0.717) is 6.04 Å². The Bertz CT molecular complexity index is 390. The van der Waals surface area contributed by atoms with Gasteiger partial charge in [0.2, 0.25) is 0 Å². The van der Waals surface area contributed by atoms with Crippen LogP contribution in [0.3, 0.4) is 0 Å². The van der Waals surface area contributed by atoms with Crippen LogP contribution in [0.25, 0.3) is 0 Å². The van der Waals surface area contributed by atoms with E-state index < -0.39 is 11.9 Å². The molecule has 1 unspecified atom stereocenters. The summed E-state index contributed by atoms with van der Waals surface area (Å²) in [5.41, 5.74) is 5.55. The van der Waals surface area contributed by atoms with E-state index >= 15 is 0 Å². The third-order valence-electron chi connectivity index (χ3n) is 2.16. The number of carboxylic acid groups (broad SMARTS) is 2. The van der Waals surface area contributed by atoms with Crippen LogP contribution in [0.4, 0.5) is 0 Å². The number of rotatable bonds is 4. The smallest absolute Gasteiger partial charge is 0.414 e. The number of aryl methyl sites for hydroxylation is 1. The zero-order valence-electron chi connectivity index (χ0n) is 11.2. The van der Waals surface area contributed by atoms with E-state index in [2.05, 4.69) is 43.6 Å². The van der Waals surface area contributed by atoms with Gasteiger partial charge in [-0.3, -0.25) is 0 Å². The van der Waals surface area contributed by atoms with Crippen molar-refractivity contribution in [3.05, 3.63) is 35.4 Å². The van der Waals surface area contributed by atoms with Crippen molar-refractivity contribution in [3.63, 3.8) is 0 Å². The number of hydrogen-bond donors (Lipinski definition) is 3. The molecule has 0 amide bonds. The fourth-order valence-electron chi connectivity index (χ4n) is 1.32. The van der Waals surface area contributed by atoms with Crippen LogP contribution in [0.5, 0.6) is 0 Å². The van der Waals surface area contributed by atoms with E-state index in [4.69, 9.17) is 24.6 Å². The first-order valence-corrected chi connectivity index (χ1v) is 5.67. The van der Waals surface area contributed by atoms with Crippen molar-refractivity contribution in [2.45, 2.75) is 26.3 Å². The number of aliphatic carboxylic acids is 2. The number of benzene rings is 1. The highest BCUT2D eigenvalue weighted by Crippen LogP contribution is 2.05. The van der Waals surface area contributed by atoms with Crippen LogP contribution < -0.4 is 5.48 Å². The molecule has 0 heterocycles. The van der Waals surface area contributed by atoms with Gasteiger partial charge in [0.25, 0.3) is 0 Å². The average Bonchev–Trinajstić information content (AvgIpc) is 2.33. The molecule has 0 aliphatic rings. The summed E-state index contributed by atoms with van der Waals surface area (Å²) in [5, 5.41) is 14.8. The van der Waals surface area contributed by atoms with E-state index in [9.17, 15) is 0 Å². The molecule has 0 aliphatic heterocycles. The number of carbonyl (C=O) groups is 2. The molecule has 0 aliphatic carbocycles. The van der Waals surface area contributed by atoms with Gasteiger partial charge in [0.1, 0.15) is 0 Å². The molecule has 1 rings (SSSR count). The Morgan fingerprint density at radius 1 is 1.21 bits per heavy atom. The van der Waals surface area contributed by atoms with Gasteiger partial charge in [-0.05, 0) is 25.8 Å². The molecule has 3 N–H and O–H groups in total. The molecule has 106 valence electrons. The summed E-state index contributed by atoms with van der Waals surface area (Å²) >= 11 is 0.